The molecule has 0 saturated heterocycles. The van der Waals surface area contributed by atoms with Crippen LogP contribution in [0.5, 0.6) is 11.5 Å². The SMILES string of the molecule is CC(=O)OC(C)=O.CCN(CC)CC.CN[C@@H](CO)C(=O)CC(Cc1ccc(O)cc1)C(=O)OC.CN[C@@H](COC(C)=O)C(=O)CC(Cc1ccc(OC(C)=O)cc1)C(=O)OC. The normalized spacial score (nSPS) is 12.1. The summed E-state index contributed by atoms with van der Waals surface area (Å²) in [6.45, 7) is 14.6. The lowest BCUT2D eigenvalue weighted by atomic mass is 9.92. The van der Waals surface area contributed by atoms with Gasteiger partial charge >= 0.3 is 35.8 Å². The molecule has 2 aromatic carbocycles. The Morgan fingerprint density at radius 1 is 0.613 bits per heavy atom. The third-order valence-corrected chi connectivity index (χ3v) is 8.79. The van der Waals surface area contributed by atoms with Gasteiger partial charge in [-0.15, -0.1) is 0 Å². The number of hydrogen-bond donors (Lipinski definition) is 4. The van der Waals surface area contributed by atoms with Crippen LogP contribution in [0, 0.1) is 11.8 Å². The topological polar surface area (TPSA) is 250 Å². The largest absolute Gasteiger partial charge is 0.508 e. The Hall–Kier alpha value is -5.56. The Labute approximate surface area is 364 Å². The van der Waals surface area contributed by atoms with Crippen molar-refractivity contribution in [2.75, 3.05) is 61.2 Å². The van der Waals surface area contributed by atoms with Gasteiger partial charge in [0.25, 0.3) is 0 Å². The highest BCUT2D eigenvalue weighted by Gasteiger charge is 2.28. The van der Waals surface area contributed by atoms with E-state index in [0.717, 1.165) is 11.1 Å². The molecule has 0 aliphatic heterocycles. The highest BCUT2D eigenvalue weighted by molar-refractivity contribution is 5.89. The first-order valence-corrected chi connectivity index (χ1v) is 20.0. The Balaban J connectivity index is 0. The van der Waals surface area contributed by atoms with Gasteiger partial charge in [0.2, 0.25) is 0 Å². The molecule has 0 spiro atoms. The van der Waals surface area contributed by atoms with Gasteiger partial charge in [0, 0.05) is 40.5 Å². The second-order valence-corrected chi connectivity index (χ2v) is 13.5. The number of methoxy groups -OCH3 is 2. The third kappa shape index (κ3) is 27.3. The first-order valence-electron chi connectivity index (χ1n) is 20.0. The number of nitrogens with zero attached hydrogens (tertiary/aromatic N) is 1. The van der Waals surface area contributed by atoms with Gasteiger partial charge in [0.05, 0.1) is 38.7 Å². The summed E-state index contributed by atoms with van der Waals surface area (Å²) in [7, 11) is 5.69. The van der Waals surface area contributed by atoms with Gasteiger partial charge in [-0.25, -0.2) is 0 Å². The lowest BCUT2D eigenvalue weighted by Gasteiger charge is -2.19. The number of likely N-dealkylation sites (N-methyl/N-ethyl adjacent to an activating group) is 2. The zero-order chi connectivity index (χ0) is 47.8. The molecule has 18 heteroatoms. The minimum atomic E-state index is -0.701. The van der Waals surface area contributed by atoms with E-state index in [1.165, 1.54) is 73.7 Å². The summed E-state index contributed by atoms with van der Waals surface area (Å²) in [4.78, 5) is 92.3. The first-order chi connectivity index (χ1) is 29.2. The second-order valence-electron chi connectivity index (χ2n) is 13.5. The molecule has 4 atom stereocenters. The van der Waals surface area contributed by atoms with Crippen LogP contribution in [0.2, 0.25) is 0 Å². The number of Topliss-reactive ketones (excluding diaryl/α,β-unsaturated/α-hetero) is 2. The maximum atomic E-state index is 12.5. The number of phenols is 1. The summed E-state index contributed by atoms with van der Waals surface area (Å²) >= 11 is 0. The van der Waals surface area contributed by atoms with Crippen molar-refractivity contribution in [3.05, 3.63) is 59.7 Å². The fourth-order valence-corrected chi connectivity index (χ4v) is 5.41. The molecule has 2 aromatic rings. The van der Waals surface area contributed by atoms with Crippen molar-refractivity contribution in [2.24, 2.45) is 11.8 Å². The van der Waals surface area contributed by atoms with Crippen molar-refractivity contribution in [1.29, 1.82) is 0 Å². The van der Waals surface area contributed by atoms with Gasteiger partial charge in [-0.3, -0.25) is 38.4 Å². The van der Waals surface area contributed by atoms with Crippen molar-refractivity contribution >= 4 is 47.4 Å². The lowest BCUT2D eigenvalue weighted by Crippen LogP contribution is -2.40. The van der Waals surface area contributed by atoms with Crippen LogP contribution in [-0.2, 0) is 70.1 Å². The minimum Gasteiger partial charge on any atom is -0.508 e. The van der Waals surface area contributed by atoms with Crippen molar-refractivity contribution in [3.63, 3.8) is 0 Å². The van der Waals surface area contributed by atoms with Crippen molar-refractivity contribution < 1.29 is 72.3 Å². The maximum Gasteiger partial charge on any atom is 0.310 e. The van der Waals surface area contributed by atoms with E-state index in [1.807, 2.05) is 0 Å². The average molecular weight is 878 g/mol. The predicted molar refractivity (Wildman–Crippen MR) is 229 cm³/mol. The molecule has 0 aromatic heterocycles. The molecule has 348 valence electrons. The predicted octanol–water partition coefficient (Wildman–Crippen LogP) is 2.76. The molecule has 0 aliphatic rings. The summed E-state index contributed by atoms with van der Waals surface area (Å²) < 4.78 is 23.3. The molecule has 0 radical (unpaired) electrons. The zero-order valence-corrected chi connectivity index (χ0v) is 37.9. The van der Waals surface area contributed by atoms with Gasteiger partial charge < -0.3 is 49.4 Å². The number of nitrogens with one attached hydrogen (secondary N) is 2. The number of phenolic OH excluding ortho intramolecular Hbond substituents is 1. The summed E-state index contributed by atoms with van der Waals surface area (Å²) in [6, 6.07) is 11.7. The van der Waals surface area contributed by atoms with Gasteiger partial charge in [-0.2, -0.15) is 0 Å². The van der Waals surface area contributed by atoms with E-state index in [1.54, 1.807) is 50.5 Å². The number of ketones is 2. The van der Waals surface area contributed by atoms with Crippen LogP contribution in [0.3, 0.4) is 0 Å². The molecule has 4 N–H and O–H groups in total. The molecule has 0 amide bonds. The molecule has 0 heterocycles. The number of carbonyl (C=O) groups is 8. The van der Waals surface area contributed by atoms with Crippen LogP contribution < -0.4 is 15.4 Å². The first kappa shape index (κ1) is 58.5. The molecule has 2 rings (SSSR count). The number of rotatable bonds is 21. The smallest absolute Gasteiger partial charge is 0.310 e. The van der Waals surface area contributed by atoms with Gasteiger partial charge in [0.1, 0.15) is 24.1 Å². The molecule has 0 saturated carbocycles. The van der Waals surface area contributed by atoms with Crippen LogP contribution >= 0.6 is 0 Å². The van der Waals surface area contributed by atoms with E-state index in [-0.39, 0.29) is 49.8 Å². The Morgan fingerprint density at radius 3 is 1.31 bits per heavy atom. The standard InChI is InChI=1S/C19H25NO7.C15H21NO5.C6H15N.C4H6O3/c1-12(21)26-11-17(20-3)18(23)10-15(19(24)25-4)9-14-5-7-16(8-6-14)27-13(2)22;1-16-13(9-17)14(19)8-11(15(20)21-2)7-10-3-5-12(18)6-4-10;1-4-7(5-2)6-3;1-3(5)7-4(2)6/h5-8,15,17,20H,9-11H2,1-4H3;3-6,11,13,16-18H,7-9H2,1-2H3;4-6H2,1-3H3;1-2H3/t15?,17-;11?,13-;;/m00../s1. The van der Waals surface area contributed by atoms with E-state index < -0.39 is 59.7 Å². The molecule has 62 heavy (non-hydrogen) atoms. The Kier molecular flexibility index (Phi) is 32.2. The molecule has 2 unspecified atom stereocenters. The minimum absolute atomic E-state index is 0.0143. The highest BCUT2D eigenvalue weighted by Crippen LogP contribution is 2.20. The van der Waals surface area contributed by atoms with E-state index in [0.29, 0.717) is 12.2 Å². The van der Waals surface area contributed by atoms with Gasteiger partial charge in [0.15, 0.2) is 11.6 Å². The zero-order valence-electron chi connectivity index (χ0n) is 37.9. The number of carbonyl (C=O) groups excluding carboxylic acids is 8. The van der Waals surface area contributed by atoms with Crippen molar-refractivity contribution in [3.8, 4) is 11.5 Å². The fraction of sp³-hybridized carbons (Fsp3) is 0.545. The van der Waals surface area contributed by atoms with Crippen LogP contribution in [0.4, 0.5) is 0 Å². The molecular formula is C44H67N3O15. The summed E-state index contributed by atoms with van der Waals surface area (Å²) in [5, 5.41) is 23.8. The van der Waals surface area contributed by atoms with Crippen LogP contribution in [0.1, 0.15) is 72.4 Å². The molecule has 0 fully saturated rings. The lowest BCUT2D eigenvalue weighted by molar-refractivity contribution is -0.156. The number of aliphatic hydroxyl groups excluding tert-OH is 1. The highest BCUT2D eigenvalue weighted by atomic mass is 16.6. The van der Waals surface area contributed by atoms with Crippen molar-refractivity contribution in [2.45, 2.75) is 86.2 Å². The van der Waals surface area contributed by atoms with Gasteiger partial charge in [-0.1, -0.05) is 45.0 Å². The van der Waals surface area contributed by atoms with E-state index in [2.05, 4.69) is 41.0 Å². The number of benzene rings is 2. The number of hydrogen-bond acceptors (Lipinski definition) is 18. The van der Waals surface area contributed by atoms with E-state index in [4.69, 9.17) is 24.1 Å². The van der Waals surface area contributed by atoms with Crippen molar-refractivity contribution in [1.82, 2.24) is 15.5 Å². The molecule has 0 bridgehead atoms. The molecular weight excluding hydrogens is 810 g/mol. The number of aromatic hydroxyl groups is 1. The maximum absolute atomic E-state index is 12.5. The fourth-order valence-electron chi connectivity index (χ4n) is 5.41. The average Bonchev–Trinajstić information content (AvgIpc) is 3.22. The summed E-state index contributed by atoms with van der Waals surface area (Å²) in [5.74, 6) is -4.27. The number of ether oxygens (including phenoxy) is 5. The van der Waals surface area contributed by atoms with E-state index >= 15 is 0 Å². The quantitative estimate of drug-likeness (QED) is 0.0609. The number of esters is 6. The Morgan fingerprint density at radius 2 is 1.02 bits per heavy atom. The summed E-state index contributed by atoms with van der Waals surface area (Å²) in [6.07, 6.45) is 0.536. The number of aliphatic hydroxyl groups is 1. The van der Waals surface area contributed by atoms with E-state index in [9.17, 15) is 43.5 Å². The second kappa shape index (κ2) is 34.1. The summed E-state index contributed by atoms with van der Waals surface area (Å²) in [5.41, 5.74) is 1.61. The molecule has 0 aliphatic carbocycles. The third-order valence-electron chi connectivity index (χ3n) is 8.79. The molecule has 18 nitrogen and oxygen atoms in total. The van der Waals surface area contributed by atoms with Crippen LogP contribution in [0.15, 0.2) is 48.5 Å². The Bertz CT molecular complexity index is 1640. The van der Waals surface area contributed by atoms with Gasteiger partial charge in [-0.05, 0) is 82.0 Å². The monoisotopic (exact) mass is 877 g/mol. The van der Waals surface area contributed by atoms with Crippen LogP contribution in [0.25, 0.3) is 0 Å². The van der Waals surface area contributed by atoms with Crippen LogP contribution in [-0.4, -0.2) is 136 Å².